The predicted octanol–water partition coefficient (Wildman–Crippen LogP) is 4.64. The van der Waals surface area contributed by atoms with E-state index in [1.165, 1.54) is 11.6 Å². The van der Waals surface area contributed by atoms with E-state index in [0.717, 1.165) is 37.2 Å². The monoisotopic (exact) mass is 337 g/mol. The summed E-state index contributed by atoms with van der Waals surface area (Å²) >= 11 is 0. The van der Waals surface area contributed by atoms with E-state index in [0.29, 0.717) is 6.61 Å². The zero-order valence-electron chi connectivity index (χ0n) is 15.2. The highest BCUT2D eigenvalue weighted by atomic mass is 16.5. The Morgan fingerprint density at radius 1 is 0.960 bits per heavy atom. The first kappa shape index (κ1) is 18.9. The molecule has 2 aromatic carbocycles. The topological polar surface area (TPSA) is 29.5 Å². The van der Waals surface area contributed by atoms with E-state index < -0.39 is 0 Å². The summed E-state index contributed by atoms with van der Waals surface area (Å²) in [5.41, 5.74) is 3.34. The summed E-state index contributed by atoms with van der Waals surface area (Å²) in [6.07, 6.45) is 4.16. The molecule has 0 N–H and O–H groups in total. The van der Waals surface area contributed by atoms with Gasteiger partial charge in [-0.25, -0.2) is 4.79 Å². The molecule has 25 heavy (non-hydrogen) atoms. The van der Waals surface area contributed by atoms with Gasteiger partial charge in [0.2, 0.25) is 0 Å². The SMILES string of the molecule is CCN(CC)CCCOC(=O)/C=C\c1ccc(-c2ccccc2)cc1. The second-order valence-electron chi connectivity index (χ2n) is 5.87. The molecule has 0 atom stereocenters. The van der Waals surface area contributed by atoms with Gasteiger partial charge in [-0.1, -0.05) is 68.4 Å². The fourth-order valence-electron chi connectivity index (χ4n) is 2.63. The lowest BCUT2D eigenvalue weighted by molar-refractivity contribution is -0.137. The van der Waals surface area contributed by atoms with Crippen LogP contribution in [0.5, 0.6) is 0 Å². The molecule has 3 heteroatoms. The average Bonchev–Trinajstić information content (AvgIpc) is 2.67. The Labute approximate surface area is 150 Å². The van der Waals surface area contributed by atoms with Gasteiger partial charge in [0.05, 0.1) is 6.61 Å². The number of nitrogens with zero attached hydrogens (tertiary/aromatic N) is 1. The molecule has 132 valence electrons. The number of rotatable bonds is 9. The summed E-state index contributed by atoms with van der Waals surface area (Å²) in [6, 6.07) is 18.4. The zero-order chi connectivity index (χ0) is 17.9. The van der Waals surface area contributed by atoms with E-state index in [1.54, 1.807) is 6.08 Å². The van der Waals surface area contributed by atoms with Gasteiger partial charge in [0.25, 0.3) is 0 Å². The second-order valence-corrected chi connectivity index (χ2v) is 5.87. The van der Waals surface area contributed by atoms with Crippen molar-refractivity contribution in [3.8, 4) is 11.1 Å². The molecule has 2 aromatic rings. The maximum atomic E-state index is 11.8. The molecular formula is C22H27NO2. The van der Waals surface area contributed by atoms with Crippen LogP contribution in [0, 0.1) is 0 Å². The van der Waals surface area contributed by atoms with Gasteiger partial charge in [0.15, 0.2) is 0 Å². The first-order chi connectivity index (χ1) is 12.2. The van der Waals surface area contributed by atoms with Gasteiger partial charge in [-0.05, 0) is 42.3 Å². The number of benzene rings is 2. The molecule has 0 unspecified atom stereocenters. The molecule has 0 aliphatic carbocycles. The molecule has 0 amide bonds. The number of carbonyl (C=O) groups is 1. The summed E-state index contributed by atoms with van der Waals surface area (Å²) in [4.78, 5) is 14.1. The second kappa shape index (κ2) is 10.5. The Morgan fingerprint density at radius 3 is 2.24 bits per heavy atom. The van der Waals surface area contributed by atoms with E-state index in [-0.39, 0.29) is 5.97 Å². The number of ether oxygens (including phenoxy) is 1. The number of hydrogen-bond acceptors (Lipinski definition) is 3. The molecule has 0 spiro atoms. The van der Waals surface area contributed by atoms with Gasteiger partial charge in [-0.3, -0.25) is 0 Å². The van der Waals surface area contributed by atoms with Crippen molar-refractivity contribution in [1.82, 2.24) is 4.90 Å². The van der Waals surface area contributed by atoms with Crippen molar-refractivity contribution in [2.75, 3.05) is 26.2 Å². The summed E-state index contributed by atoms with van der Waals surface area (Å²) in [7, 11) is 0. The largest absolute Gasteiger partial charge is 0.462 e. The van der Waals surface area contributed by atoms with Crippen molar-refractivity contribution < 1.29 is 9.53 Å². The third-order valence-corrected chi connectivity index (χ3v) is 4.19. The number of esters is 1. The molecule has 0 aliphatic rings. The Balaban J connectivity index is 1.78. The van der Waals surface area contributed by atoms with Crippen LogP contribution in [-0.4, -0.2) is 37.1 Å². The minimum atomic E-state index is -0.285. The first-order valence-corrected chi connectivity index (χ1v) is 8.95. The lowest BCUT2D eigenvalue weighted by atomic mass is 10.0. The standard InChI is InChI=1S/C22H27NO2/c1-3-23(4-2)17-8-18-25-22(24)16-13-19-11-14-21(15-12-19)20-9-6-5-7-10-20/h5-7,9-16H,3-4,8,17-18H2,1-2H3/b16-13-. The maximum Gasteiger partial charge on any atom is 0.330 e. The number of carbonyl (C=O) groups excluding carboxylic acids is 1. The van der Waals surface area contributed by atoms with Crippen LogP contribution in [0.4, 0.5) is 0 Å². The Morgan fingerprint density at radius 2 is 1.60 bits per heavy atom. The molecule has 0 saturated carbocycles. The minimum Gasteiger partial charge on any atom is -0.462 e. The molecule has 0 fully saturated rings. The Kier molecular flexibility index (Phi) is 7.93. The zero-order valence-corrected chi connectivity index (χ0v) is 15.2. The van der Waals surface area contributed by atoms with Gasteiger partial charge in [0.1, 0.15) is 0 Å². The molecule has 0 saturated heterocycles. The van der Waals surface area contributed by atoms with Gasteiger partial charge < -0.3 is 9.64 Å². The summed E-state index contributed by atoms with van der Waals surface area (Å²) in [5, 5.41) is 0. The van der Waals surface area contributed by atoms with Gasteiger partial charge in [-0.15, -0.1) is 0 Å². The molecule has 0 aromatic heterocycles. The van der Waals surface area contributed by atoms with E-state index >= 15 is 0 Å². The Bertz CT molecular complexity index is 658. The summed E-state index contributed by atoms with van der Waals surface area (Å²) in [5.74, 6) is -0.285. The van der Waals surface area contributed by atoms with E-state index in [9.17, 15) is 4.79 Å². The molecular weight excluding hydrogens is 310 g/mol. The van der Waals surface area contributed by atoms with Crippen molar-refractivity contribution in [2.24, 2.45) is 0 Å². The number of hydrogen-bond donors (Lipinski definition) is 0. The normalized spacial score (nSPS) is 11.2. The highest BCUT2D eigenvalue weighted by Gasteiger charge is 2.01. The third-order valence-electron chi connectivity index (χ3n) is 4.19. The van der Waals surface area contributed by atoms with E-state index in [4.69, 9.17) is 4.74 Å². The Hall–Kier alpha value is -2.39. The van der Waals surface area contributed by atoms with Crippen LogP contribution < -0.4 is 0 Å². The van der Waals surface area contributed by atoms with Gasteiger partial charge >= 0.3 is 5.97 Å². The highest BCUT2D eigenvalue weighted by molar-refractivity contribution is 5.87. The van der Waals surface area contributed by atoms with Crippen molar-refractivity contribution >= 4 is 12.0 Å². The fraction of sp³-hybridized carbons (Fsp3) is 0.318. The quantitative estimate of drug-likeness (QED) is 0.379. The third kappa shape index (κ3) is 6.55. The van der Waals surface area contributed by atoms with Crippen LogP contribution in [0.3, 0.4) is 0 Å². The van der Waals surface area contributed by atoms with Crippen molar-refractivity contribution in [1.29, 1.82) is 0 Å². The summed E-state index contributed by atoms with van der Waals surface area (Å²) in [6.45, 7) is 7.77. The smallest absolute Gasteiger partial charge is 0.330 e. The van der Waals surface area contributed by atoms with Crippen LogP contribution >= 0.6 is 0 Å². The van der Waals surface area contributed by atoms with Crippen LogP contribution in [0.1, 0.15) is 25.8 Å². The molecule has 2 rings (SSSR count). The minimum absolute atomic E-state index is 0.285. The fourth-order valence-corrected chi connectivity index (χ4v) is 2.63. The molecule has 3 nitrogen and oxygen atoms in total. The van der Waals surface area contributed by atoms with Gasteiger partial charge in [-0.2, -0.15) is 0 Å². The molecule has 0 radical (unpaired) electrons. The van der Waals surface area contributed by atoms with Gasteiger partial charge in [0, 0.05) is 12.6 Å². The van der Waals surface area contributed by atoms with E-state index in [1.807, 2.05) is 30.3 Å². The lowest BCUT2D eigenvalue weighted by Gasteiger charge is -2.17. The maximum absolute atomic E-state index is 11.8. The summed E-state index contributed by atoms with van der Waals surface area (Å²) < 4.78 is 5.24. The highest BCUT2D eigenvalue weighted by Crippen LogP contribution is 2.19. The van der Waals surface area contributed by atoms with E-state index in [2.05, 4.69) is 43.0 Å². The van der Waals surface area contributed by atoms with Crippen molar-refractivity contribution in [2.45, 2.75) is 20.3 Å². The first-order valence-electron chi connectivity index (χ1n) is 8.95. The molecule has 0 bridgehead atoms. The van der Waals surface area contributed by atoms with Crippen molar-refractivity contribution in [3.05, 3.63) is 66.2 Å². The lowest BCUT2D eigenvalue weighted by Crippen LogP contribution is -2.25. The van der Waals surface area contributed by atoms with Crippen LogP contribution in [-0.2, 0) is 9.53 Å². The van der Waals surface area contributed by atoms with Crippen LogP contribution in [0.15, 0.2) is 60.7 Å². The molecule has 0 aliphatic heterocycles. The predicted molar refractivity (Wildman–Crippen MR) is 104 cm³/mol. The van der Waals surface area contributed by atoms with Crippen LogP contribution in [0.2, 0.25) is 0 Å². The van der Waals surface area contributed by atoms with Crippen LogP contribution in [0.25, 0.3) is 17.2 Å². The van der Waals surface area contributed by atoms with Crippen molar-refractivity contribution in [3.63, 3.8) is 0 Å². The average molecular weight is 337 g/mol. The molecule has 0 heterocycles.